The van der Waals surface area contributed by atoms with Gasteiger partial charge in [0.15, 0.2) is 0 Å². The van der Waals surface area contributed by atoms with Gasteiger partial charge >= 0.3 is 5.97 Å². The molecule has 0 amide bonds. The van der Waals surface area contributed by atoms with Gasteiger partial charge in [-0.25, -0.2) is 4.79 Å². The fourth-order valence-corrected chi connectivity index (χ4v) is 2.20. The van der Waals surface area contributed by atoms with Crippen molar-refractivity contribution in [2.75, 3.05) is 0 Å². The maximum atomic E-state index is 11.5. The molecule has 3 nitrogen and oxygen atoms in total. The number of hydrogen-bond acceptors (Lipinski definition) is 2. The third-order valence-corrected chi connectivity index (χ3v) is 3.32. The van der Waals surface area contributed by atoms with Crippen LogP contribution >= 0.6 is 0 Å². The van der Waals surface area contributed by atoms with Gasteiger partial charge in [0.1, 0.15) is 5.75 Å². The van der Waals surface area contributed by atoms with E-state index in [2.05, 4.69) is 19.9 Å². The lowest BCUT2D eigenvalue weighted by Crippen LogP contribution is -2.18. The number of ether oxygens (including phenoxy) is 1. The molecule has 0 saturated carbocycles. The van der Waals surface area contributed by atoms with Crippen LogP contribution in [0.15, 0.2) is 48.5 Å². The van der Waals surface area contributed by atoms with Crippen LogP contribution in [0.2, 0.25) is 0 Å². The molecule has 0 aliphatic heterocycles. The second kappa shape index (κ2) is 6.44. The Morgan fingerprint density at radius 1 is 1.05 bits per heavy atom. The molecule has 21 heavy (non-hydrogen) atoms. The second-order valence-corrected chi connectivity index (χ2v) is 5.48. The van der Waals surface area contributed by atoms with Crippen LogP contribution in [0.3, 0.4) is 0 Å². The molecule has 2 rings (SSSR count). The molecule has 110 valence electrons. The van der Waals surface area contributed by atoms with Crippen LogP contribution in [0.4, 0.5) is 0 Å². The van der Waals surface area contributed by atoms with Crippen molar-refractivity contribution in [1.82, 2.24) is 0 Å². The highest BCUT2D eigenvalue weighted by molar-refractivity contribution is 5.74. The predicted molar refractivity (Wildman–Crippen MR) is 82.7 cm³/mol. The third-order valence-electron chi connectivity index (χ3n) is 3.32. The molecule has 3 heteroatoms. The summed E-state index contributed by atoms with van der Waals surface area (Å²) in [5.41, 5.74) is 2.84. The number of hydrogen-bond donors (Lipinski definition) is 1. The first-order chi connectivity index (χ1) is 9.97. The minimum Gasteiger partial charge on any atom is -0.478 e. The average Bonchev–Trinajstić information content (AvgIpc) is 2.44. The fourth-order valence-electron chi connectivity index (χ4n) is 2.20. The molecule has 1 atom stereocenters. The normalized spacial score (nSPS) is 12.2. The molecule has 0 radical (unpaired) electrons. The van der Waals surface area contributed by atoms with E-state index in [-0.39, 0.29) is 0 Å². The summed E-state index contributed by atoms with van der Waals surface area (Å²) < 4.78 is 5.73. The van der Waals surface area contributed by atoms with E-state index in [1.165, 1.54) is 0 Å². The maximum Gasteiger partial charge on any atom is 0.349 e. The molecule has 1 N–H and O–H groups in total. The molecule has 2 aromatic rings. The molecular formula is C18H20O3. The van der Waals surface area contributed by atoms with Gasteiger partial charge in [0.05, 0.1) is 0 Å². The summed E-state index contributed by atoms with van der Waals surface area (Å²) in [7, 11) is 0. The van der Waals surface area contributed by atoms with Crippen LogP contribution in [0.1, 0.15) is 42.6 Å². The van der Waals surface area contributed by atoms with E-state index >= 15 is 0 Å². The van der Waals surface area contributed by atoms with E-state index in [1.54, 1.807) is 12.1 Å². The molecule has 0 heterocycles. The Morgan fingerprint density at radius 3 is 2.29 bits per heavy atom. The summed E-state index contributed by atoms with van der Waals surface area (Å²) in [6, 6.07) is 14.9. The van der Waals surface area contributed by atoms with Gasteiger partial charge in [-0.05, 0) is 36.1 Å². The smallest absolute Gasteiger partial charge is 0.349 e. The highest BCUT2D eigenvalue weighted by Gasteiger charge is 2.22. The number of carbonyl (C=O) groups is 1. The summed E-state index contributed by atoms with van der Waals surface area (Å²) in [4.78, 5) is 11.5. The molecule has 0 aromatic heterocycles. The summed E-state index contributed by atoms with van der Waals surface area (Å²) in [5, 5.41) is 9.41. The van der Waals surface area contributed by atoms with E-state index in [4.69, 9.17) is 4.74 Å². The average molecular weight is 284 g/mol. The van der Waals surface area contributed by atoms with Gasteiger partial charge in [-0.3, -0.25) is 0 Å². The minimum absolute atomic E-state index is 0.368. The van der Waals surface area contributed by atoms with E-state index in [0.717, 1.165) is 11.1 Å². The van der Waals surface area contributed by atoms with E-state index in [9.17, 15) is 9.90 Å². The Bertz CT molecular complexity index is 618. The molecule has 1 unspecified atom stereocenters. The highest BCUT2D eigenvalue weighted by atomic mass is 16.5. The molecule has 0 aliphatic rings. The topological polar surface area (TPSA) is 46.5 Å². The van der Waals surface area contributed by atoms with Crippen molar-refractivity contribution in [2.45, 2.75) is 32.8 Å². The SMILES string of the molecule is Cc1cc(OC(C(=O)O)c2ccccc2)cc(C(C)C)c1. The van der Waals surface area contributed by atoms with Crippen LogP contribution in [0.25, 0.3) is 0 Å². The Kier molecular flexibility index (Phi) is 4.63. The number of aryl methyl sites for hydroxylation is 1. The summed E-state index contributed by atoms with van der Waals surface area (Å²) >= 11 is 0. The Hall–Kier alpha value is -2.29. The lowest BCUT2D eigenvalue weighted by Gasteiger charge is -2.17. The molecule has 2 aromatic carbocycles. The Morgan fingerprint density at radius 2 is 1.71 bits per heavy atom. The van der Waals surface area contributed by atoms with Gasteiger partial charge in [0, 0.05) is 5.56 Å². The van der Waals surface area contributed by atoms with Crippen molar-refractivity contribution < 1.29 is 14.6 Å². The number of rotatable bonds is 5. The van der Waals surface area contributed by atoms with Crippen LogP contribution in [-0.2, 0) is 4.79 Å². The highest BCUT2D eigenvalue weighted by Crippen LogP contribution is 2.27. The molecule has 0 aliphatic carbocycles. The van der Waals surface area contributed by atoms with Crippen molar-refractivity contribution in [3.8, 4) is 5.75 Å². The first-order valence-electron chi connectivity index (χ1n) is 7.03. The summed E-state index contributed by atoms with van der Waals surface area (Å²) in [6.07, 6.45) is -0.993. The van der Waals surface area contributed by atoms with Crippen LogP contribution in [-0.4, -0.2) is 11.1 Å². The maximum absolute atomic E-state index is 11.5. The van der Waals surface area contributed by atoms with Crippen LogP contribution in [0, 0.1) is 6.92 Å². The minimum atomic E-state index is -0.993. The summed E-state index contributed by atoms with van der Waals surface area (Å²) in [5.74, 6) is -0.0315. The zero-order chi connectivity index (χ0) is 15.4. The largest absolute Gasteiger partial charge is 0.478 e. The molecule has 0 bridgehead atoms. The van der Waals surface area contributed by atoms with Gasteiger partial charge in [0.2, 0.25) is 6.10 Å². The standard InChI is InChI=1S/C18H20O3/c1-12(2)15-9-13(3)10-16(11-15)21-17(18(19)20)14-7-5-4-6-8-14/h4-12,17H,1-3H3,(H,19,20). The zero-order valence-electron chi connectivity index (χ0n) is 12.5. The van der Waals surface area contributed by atoms with Crippen LogP contribution < -0.4 is 4.74 Å². The van der Waals surface area contributed by atoms with Crippen molar-refractivity contribution in [1.29, 1.82) is 0 Å². The van der Waals surface area contributed by atoms with Gasteiger partial charge in [-0.1, -0.05) is 50.2 Å². The van der Waals surface area contributed by atoms with E-state index < -0.39 is 12.1 Å². The lowest BCUT2D eigenvalue weighted by atomic mass is 10.0. The molecular weight excluding hydrogens is 264 g/mol. The number of carboxylic acids is 1. The molecule has 0 fully saturated rings. The van der Waals surface area contributed by atoms with Crippen molar-refractivity contribution in [3.63, 3.8) is 0 Å². The predicted octanol–water partition coefficient (Wildman–Crippen LogP) is 4.32. The first-order valence-corrected chi connectivity index (χ1v) is 7.03. The molecule has 0 saturated heterocycles. The van der Waals surface area contributed by atoms with Crippen LogP contribution in [0.5, 0.6) is 5.75 Å². The molecule has 0 spiro atoms. The fraction of sp³-hybridized carbons (Fsp3) is 0.278. The lowest BCUT2D eigenvalue weighted by molar-refractivity contribution is -0.145. The van der Waals surface area contributed by atoms with Crippen molar-refractivity contribution in [3.05, 3.63) is 65.2 Å². The third kappa shape index (κ3) is 3.85. The van der Waals surface area contributed by atoms with Gasteiger partial charge in [-0.15, -0.1) is 0 Å². The van der Waals surface area contributed by atoms with Gasteiger partial charge < -0.3 is 9.84 Å². The van der Waals surface area contributed by atoms with Crippen molar-refractivity contribution >= 4 is 5.97 Å². The monoisotopic (exact) mass is 284 g/mol. The van der Waals surface area contributed by atoms with Crippen molar-refractivity contribution in [2.24, 2.45) is 0 Å². The Labute approximate surface area is 125 Å². The number of carboxylic acid groups (broad SMARTS) is 1. The number of aliphatic carboxylic acids is 1. The van der Waals surface area contributed by atoms with Gasteiger partial charge in [0.25, 0.3) is 0 Å². The van der Waals surface area contributed by atoms with E-state index in [0.29, 0.717) is 17.2 Å². The Balaban J connectivity index is 2.32. The van der Waals surface area contributed by atoms with Gasteiger partial charge in [-0.2, -0.15) is 0 Å². The first kappa shape index (κ1) is 15.1. The zero-order valence-corrected chi connectivity index (χ0v) is 12.5. The van der Waals surface area contributed by atoms with E-state index in [1.807, 2.05) is 37.3 Å². The number of benzene rings is 2. The quantitative estimate of drug-likeness (QED) is 0.889. The summed E-state index contributed by atoms with van der Waals surface area (Å²) in [6.45, 7) is 6.19. The second-order valence-electron chi connectivity index (χ2n) is 5.48.